The minimum absolute atomic E-state index is 0.0834. The smallest absolute Gasteiger partial charge is 0.412 e. The van der Waals surface area contributed by atoms with Crippen LogP contribution in [0.1, 0.15) is 118 Å². The first-order valence-corrected chi connectivity index (χ1v) is 16.0. The van der Waals surface area contributed by atoms with Crippen molar-refractivity contribution in [2.24, 2.45) is 4.99 Å². The number of hydrogen-bond donors (Lipinski definition) is 1. The second kappa shape index (κ2) is 20.9. The molecule has 10 nitrogen and oxygen atoms in total. The number of unbranched alkanes of at least 4 members (excludes halogenated alkanes) is 12. The summed E-state index contributed by atoms with van der Waals surface area (Å²) in [6.45, 7) is 6.53. The molecule has 0 radical (unpaired) electrons. The fraction of sp³-hybridized carbons (Fsp3) is 0.750. The van der Waals surface area contributed by atoms with E-state index in [2.05, 4.69) is 29.4 Å². The highest BCUT2D eigenvalue weighted by Gasteiger charge is 2.49. The van der Waals surface area contributed by atoms with Gasteiger partial charge >= 0.3 is 18.0 Å². The molecule has 4 unspecified atom stereocenters. The van der Waals surface area contributed by atoms with Crippen molar-refractivity contribution < 1.29 is 37.7 Å². The van der Waals surface area contributed by atoms with Crippen LogP contribution in [-0.2, 0) is 28.5 Å². The van der Waals surface area contributed by atoms with Crippen LogP contribution in [0.4, 0.5) is 9.18 Å². The first-order chi connectivity index (χ1) is 20.7. The maximum atomic E-state index is 14.8. The molecule has 0 aromatic heterocycles. The third kappa shape index (κ3) is 14.4. The molecule has 0 aromatic rings. The fourth-order valence-electron chi connectivity index (χ4n) is 5.12. The van der Waals surface area contributed by atoms with E-state index >= 15 is 0 Å². The van der Waals surface area contributed by atoms with Crippen molar-refractivity contribution in [3.63, 3.8) is 0 Å². The summed E-state index contributed by atoms with van der Waals surface area (Å²) < 4.78 is 36.4. The molecule has 0 saturated carbocycles. The van der Waals surface area contributed by atoms with Crippen LogP contribution in [0.25, 0.3) is 0 Å². The van der Waals surface area contributed by atoms with Crippen LogP contribution in [0.15, 0.2) is 29.2 Å². The number of allylic oxidation sites excluding steroid dienone is 2. The van der Waals surface area contributed by atoms with Gasteiger partial charge in [0.15, 0.2) is 30.1 Å². The Kier molecular flexibility index (Phi) is 17.6. The summed E-state index contributed by atoms with van der Waals surface area (Å²) in [6.07, 6.45) is 18.3. The average Bonchev–Trinajstić information content (AvgIpc) is 3.24. The van der Waals surface area contributed by atoms with E-state index in [-0.39, 0.29) is 19.1 Å². The molecule has 244 valence electrons. The fourth-order valence-corrected chi connectivity index (χ4v) is 5.12. The SMILES string of the molecule is CCCCCCCCC=CCCCCCCCCOC(=O)NC1=NCN(C2OC(C)C(OC(C)=O)C2OC(C)=O)C=C1F. The van der Waals surface area contributed by atoms with Crippen molar-refractivity contribution in [1.29, 1.82) is 0 Å². The van der Waals surface area contributed by atoms with E-state index in [4.69, 9.17) is 18.9 Å². The molecule has 2 aliphatic rings. The summed E-state index contributed by atoms with van der Waals surface area (Å²) in [5.41, 5.74) is 0. The molecule has 0 aromatic carbocycles. The van der Waals surface area contributed by atoms with E-state index in [1.165, 1.54) is 76.5 Å². The maximum Gasteiger partial charge on any atom is 0.412 e. The van der Waals surface area contributed by atoms with Crippen LogP contribution in [-0.4, -0.2) is 66.6 Å². The Hall–Kier alpha value is -2.95. The standard InChI is InChI=1S/C32H52FN3O7/c1-5-6-7-8-9-10-11-12-13-14-15-16-17-18-19-20-21-40-32(39)35-30-27(33)22-36(23-34-30)31-29(43-26(4)38)28(24(2)41-31)42-25(3)37/h12-13,22,24,28-29,31H,5-11,14-21,23H2,1-4H3,(H,34,35,39). The number of nitrogens with one attached hydrogen (secondary N) is 1. The summed E-state index contributed by atoms with van der Waals surface area (Å²) in [5, 5.41) is 2.34. The van der Waals surface area contributed by atoms with Gasteiger partial charge < -0.3 is 23.8 Å². The lowest BCUT2D eigenvalue weighted by molar-refractivity contribution is -0.166. The number of carbonyl (C=O) groups is 3. The Labute approximate surface area is 256 Å². The highest BCUT2D eigenvalue weighted by Crippen LogP contribution is 2.30. The molecule has 1 saturated heterocycles. The number of hydrogen-bond acceptors (Lipinski definition) is 9. The third-order valence-corrected chi connectivity index (χ3v) is 7.36. The molecule has 2 aliphatic heterocycles. The first-order valence-electron chi connectivity index (χ1n) is 16.0. The summed E-state index contributed by atoms with van der Waals surface area (Å²) in [5.74, 6) is -2.22. The summed E-state index contributed by atoms with van der Waals surface area (Å²) in [4.78, 5) is 40.8. The zero-order valence-electron chi connectivity index (χ0n) is 26.5. The van der Waals surface area contributed by atoms with Gasteiger partial charge in [-0.05, 0) is 39.0 Å². The zero-order valence-corrected chi connectivity index (χ0v) is 26.5. The second-order valence-corrected chi connectivity index (χ2v) is 11.2. The first kappa shape index (κ1) is 36.2. The number of aliphatic imine (C=N–C) groups is 1. The van der Waals surface area contributed by atoms with Crippen molar-refractivity contribution in [3.8, 4) is 0 Å². The molecule has 0 aliphatic carbocycles. The summed E-state index contributed by atoms with van der Waals surface area (Å²) in [6, 6.07) is 0. The molecule has 0 bridgehead atoms. The van der Waals surface area contributed by atoms with Gasteiger partial charge in [-0.15, -0.1) is 0 Å². The number of amidine groups is 1. The Morgan fingerprint density at radius 3 is 2.07 bits per heavy atom. The molecule has 0 spiro atoms. The van der Waals surface area contributed by atoms with Crippen molar-refractivity contribution >= 4 is 23.9 Å². The number of halogens is 1. The number of amides is 1. The van der Waals surface area contributed by atoms with Crippen LogP contribution in [0.2, 0.25) is 0 Å². The summed E-state index contributed by atoms with van der Waals surface area (Å²) in [7, 11) is 0. The van der Waals surface area contributed by atoms with E-state index < -0.39 is 48.4 Å². The molecule has 4 atom stereocenters. The molecule has 2 rings (SSSR count). The third-order valence-electron chi connectivity index (χ3n) is 7.36. The lowest BCUT2D eigenvalue weighted by Gasteiger charge is -2.31. The lowest BCUT2D eigenvalue weighted by Crippen LogP contribution is -2.47. The van der Waals surface area contributed by atoms with E-state index in [9.17, 15) is 18.8 Å². The van der Waals surface area contributed by atoms with Gasteiger partial charge in [-0.1, -0.05) is 76.9 Å². The number of nitrogens with zero attached hydrogens (tertiary/aromatic N) is 2. The Balaban J connectivity index is 1.58. The normalized spacial score (nSPS) is 21.8. The van der Waals surface area contributed by atoms with Crippen molar-refractivity contribution in [1.82, 2.24) is 10.2 Å². The molecule has 1 fully saturated rings. The van der Waals surface area contributed by atoms with Gasteiger partial charge in [0.1, 0.15) is 6.67 Å². The molecule has 1 amide bonds. The number of carbonyl (C=O) groups excluding carboxylic acids is 3. The Morgan fingerprint density at radius 2 is 1.49 bits per heavy atom. The molecular weight excluding hydrogens is 557 g/mol. The Morgan fingerprint density at radius 1 is 0.930 bits per heavy atom. The number of ether oxygens (including phenoxy) is 4. The molecule has 1 N–H and O–H groups in total. The highest BCUT2D eigenvalue weighted by molar-refractivity contribution is 6.04. The predicted molar refractivity (Wildman–Crippen MR) is 163 cm³/mol. The average molecular weight is 610 g/mol. The topological polar surface area (TPSA) is 116 Å². The minimum atomic E-state index is -0.980. The number of rotatable bonds is 19. The molecular formula is C32H52FN3O7. The van der Waals surface area contributed by atoms with Gasteiger partial charge in [0.25, 0.3) is 0 Å². The monoisotopic (exact) mass is 609 g/mol. The quantitative estimate of drug-likeness (QED) is 0.0732. The van der Waals surface area contributed by atoms with E-state index in [0.717, 1.165) is 38.3 Å². The number of alkyl carbamates (subject to hydrolysis) is 1. The van der Waals surface area contributed by atoms with Gasteiger partial charge in [-0.25, -0.2) is 14.2 Å². The van der Waals surface area contributed by atoms with Crippen molar-refractivity contribution in [3.05, 3.63) is 24.2 Å². The second-order valence-electron chi connectivity index (χ2n) is 11.2. The lowest BCUT2D eigenvalue weighted by atomic mass is 10.1. The van der Waals surface area contributed by atoms with Gasteiger partial charge in [0.2, 0.25) is 0 Å². The summed E-state index contributed by atoms with van der Waals surface area (Å²) >= 11 is 0. The van der Waals surface area contributed by atoms with Gasteiger partial charge in [0.05, 0.1) is 12.7 Å². The van der Waals surface area contributed by atoms with Crippen molar-refractivity contribution in [2.75, 3.05) is 13.3 Å². The highest BCUT2D eigenvalue weighted by atomic mass is 19.1. The number of esters is 2. The Bertz CT molecular complexity index is 955. The molecule has 2 heterocycles. The van der Waals surface area contributed by atoms with Gasteiger partial charge in [0, 0.05) is 20.0 Å². The van der Waals surface area contributed by atoms with Crippen LogP contribution < -0.4 is 5.32 Å². The van der Waals surface area contributed by atoms with Crippen LogP contribution >= 0.6 is 0 Å². The predicted octanol–water partition coefficient (Wildman–Crippen LogP) is 6.84. The van der Waals surface area contributed by atoms with E-state index in [1.54, 1.807) is 6.92 Å². The largest absolute Gasteiger partial charge is 0.456 e. The molecule has 11 heteroatoms. The van der Waals surface area contributed by atoms with E-state index in [1.807, 2.05) is 0 Å². The van der Waals surface area contributed by atoms with Crippen LogP contribution in [0.5, 0.6) is 0 Å². The molecule has 43 heavy (non-hydrogen) atoms. The van der Waals surface area contributed by atoms with Crippen molar-refractivity contribution in [2.45, 2.75) is 142 Å². The van der Waals surface area contributed by atoms with E-state index in [0.29, 0.717) is 0 Å². The van der Waals surface area contributed by atoms with Gasteiger partial charge in [-0.3, -0.25) is 14.9 Å². The minimum Gasteiger partial charge on any atom is -0.456 e. The van der Waals surface area contributed by atoms with Gasteiger partial charge in [-0.2, -0.15) is 0 Å². The van der Waals surface area contributed by atoms with Crippen LogP contribution in [0.3, 0.4) is 0 Å². The van der Waals surface area contributed by atoms with Crippen LogP contribution in [0, 0.1) is 0 Å². The maximum absolute atomic E-state index is 14.8. The zero-order chi connectivity index (χ0) is 31.5.